The van der Waals surface area contributed by atoms with E-state index in [4.69, 9.17) is 0 Å². The lowest BCUT2D eigenvalue weighted by atomic mass is 10.1. The normalized spacial score (nSPS) is 11.0. The summed E-state index contributed by atoms with van der Waals surface area (Å²) < 4.78 is 0. The fourth-order valence-electron chi connectivity index (χ4n) is 1.03. The van der Waals surface area contributed by atoms with Crippen LogP contribution in [0.2, 0.25) is 0 Å². The predicted molar refractivity (Wildman–Crippen MR) is 51.5 cm³/mol. The van der Waals surface area contributed by atoms with Gasteiger partial charge in [0.2, 0.25) is 0 Å². The summed E-state index contributed by atoms with van der Waals surface area (Å²) >= 11 is 0. The van der Waals surface area contributed by atoms with Gasteiger partial charge in [-0.25, -0.2) is 0 Å². The number of carbonyl (C=O) groups is 2. The van der Waals surface area contributed by atoms with Gasteiger partial charge in [-0.1, -0.05) is 24.3 Å². The fraction of sp³-hybridized carbons (Fsp3) is 0.0909. The van der Waals surface area contributed by atoms with Crippen molar-refractivity contribution in [2.24, 2.45) is 0 Å². The highest BCUT2D eigenvalue weighted by Gasteiger charge is 1.96. The first-order valence-corrected chi connectivity index (χ1v) is 3.95. The van der Waals surface area contributed by atoms with Crippen LogP contribution in [0.3, 0.4) is 0 Å². The van der Waals surface area contributed by atoms with Gasteiger partial charge in [-0.15, -0.1) is 0 Å². The topological polar surface area (TPSA) is 34.1 Å². The number of benzene rings is 1. The van der Waals surface area contributed by atoms with Crippen LogP contribution >= 0.6 is 0 Å². The Balaban J connectivity index is 3.13. The Morgan fingerprint density at radius 3 is 2.31 bits per heavy atom. The van der Waals surface area contributed by atoms with Crippen LogP contribution in [-0.4, -0.2) is 12.6 Å². The molecule has 1 rings (SSSR count). The molecule has 0 bridgehead atoms. The summed E-state index contributed by atoms with van der Waals surface area (Å²) in [5.74, 6) is 0. The van der Waals surface area contributed by atoms with Gasteiger partial charge < -0.3 is 0 Å². The SMILES string of the molecule is CC(C=O)=Cc1ccccc1C=O. The average molecular weight is 174 g/mol. The van der Waals surface area contributed by atoms with E-state index >= 15 is 0 Å². The lowest BCUT2D eigenvalue weighted by molar-refractivity contribution is -0.104. The Morgan fingerprint density at radius 2 is 1.77 bits per heavy atom. The molecule has 0 aliphatic carbocycles. The number of aldehydes is 2. The molecule has 0 aromatic heterocycles. The number of hydrogen-bond donors (Lipinski definition) is 0. The van der Waals surface area contributed by atoms with Gasteiger partial charge in [0, 0.05) is 5.56 Å². The molecule has 13 heavy (non-hydrogen) atoms. The zero-order chi connectivity index (χ0) is 9.68. The molecule has 0 saturated carbocycles. The summed E-state index contributed by atoms with van der Waals surface area (Å²) in [6.07, 6.45) is 3.24. The van der Waals surface area contributed by atoms with E-state index in [0.717, 1.165) is 18.1 Å². The summed E-state index contributed by atoms with van der Waals surface area (Å²) in [6.45, 7) is 1.70. The standard InChI is InChI=1S/C11H10O2/c1-9(7-12)6-10-4-2-3-5-11(10)8-13/h2-8H,1H3. The number of carbonyl (C=O) groups excluding carboxylic acids is 2. The van der Waals surface area contributed by atoms with Gasteiger partial charge in [-0.05, 0) is 24.1 Å². The Kier molecular flexibility index (Phi) is 3.15. The van der Waals surface area contributed by atoms with E-state index in [1.807, 2.05) is 6.07 Å². The first-order chi connectivity index (χ1) is 6.27. The maximum atomic E-state index is 10.6. The van der Waals surface area contributed by atoms with Crippen LogP contribution in [-0.2, 0) is 4.79 Å². The van der Waals surface area contributed by atoms with Crippen molar-refractivity contribution in [1.29, 1.82) is 0 Å². The van der Waals surface area contributed by atoms with Gasteiger partial charge >= 0.3 is 0 Å². The number of allylic oxidation sites excluding steroid dienone is 1. The quantitative estimate of drug-likeness (QED) is 0.519. The van der Waals surface area contributed by atoms with E-state index in [1.54, 1.807) is 31.2 Å². The Hall–Kier alpha value is -1.70. The fourth-order valence-corrected chi connectivity index (χ4v) is 1.03. The van der Waals surface area contributed by atoms with Crippen LogP contribution in [0.15, 0.2) is 29.8 Å². The minimum absolute atomic E-state index is 0.601. The minimum Gasteiger partial charge on any atom is -0.298 e. The zero-order valence-electron chi connectivity index (χ0n) is 7.36. The predicted octanol–water partition coefficient (Wildman–Crippen LogP) is 2.10. The Morgan fingerprint density at radius 1 is 1.15 bits per heavy atom. The first-order valence-electron chi connectivity index (χ1n) is 3.95. The molecular formula is C11H10O2. The average Bonchev–Trinajstić information content (AvgIpc) is 2.18. The third-order valence-electron chi connectivity index (χ3n) is 1.69. The van der Waals surface area contributed by atoms with E-state index < -0.39 is 0 Å². The molecule has 0 unspecified atom stereocenters. The van der Waals surface area contributed by atoms with Crippen molar-refractivity contribution in [3.8, 4) is 0 Å². The van der Waals surface area contributed by atoms with E-state index in [9.17, 15) is 9.59 Å². The molecule has 1 aromatic rings. The maximum absolute atomic E-state index is 10.6. The Bertz CT molecular complexity index is 351. The third kappa shape index (κ3) is 2.37. The van der Waals surface area contributed by atoms with Crippen molar-refractivity contribution in [3.05, 3.63) is 41.0 Å². The zero-order valence-corrected chi connectivity index (χ0v) is 7.36. The summed E-state index contributed by atoms with van der Waals surface area (Å²) in [4.78, 5) is 20.9. The molecule has 1 aromatic carbocycles. The molecule has 0 atom stereocenters. The largest absolute Gasteiger partial charge is 0.298 e. The molecule has 0 aliphatic rings. The van der Waals surface area contributed by atoms with E-state index in [2.05, 4.69) is 0 Å². The van der Waals surface area contributed by atoms with Crippen molar-refractivity contribution < 1.29 is 9.59 Å². The second kappa shape index (κ2) is 4.36. The molecule has 0 spiro atoms. The van der Waals surface area contributed by atoms with Crippen LogP contribution < -0.4 is 0 Å². The summed E-state index contributed by atoms with van der Waals surface area (Å²) in [5, 5.41) is 0. The van der Waals surface area contributed by atoms with Gasteiger partial charge in [0.15, 0.2) is 6.29 Å². The second-order valence-electron chi connectivity index (χ2n) is 2.75. The van der Waals surface area contributed by atoms with Crippen molar-refractivity contribution >= 4 is 18.6 Å². The van der Waals surface area contributed by atoms with Gasteiger partial charge in [0.05, 0.1) is 0 Å². The van der Waals surface area contributed by atoms with Crippen LogP contribution in [0.5, 0.6) is 0 Å². The highest BCUT2D eigenvalue weighted by molar-refractivity contribution is 5.87. The van der Waals surface area contributed by atoms with Gasteiger partial charge in [-0.3, -0.25) is 9.59 Å². The molecule has 0 N–H and O–H groups in total. The van der Waals surface area contributed by atoms with E-state index in [0.29, 0.717) is 11.1 Å². The van der Waals surface area contributed by atoms with Crippen LogP contribution in [0.25, 0.3) is 6.08 Å². The summed E-state index contributed by atoms with van der Waals surface area (Å²) in [5.41, 5.74) is 1.99. The van der Waals surface area contributed by atoms with Crippen LogP contribution in [0.4, 0.5) is 0 Å². The van der Waals surface area contributed by atoms with Crippen molar-refractivity contribution in [1.82, 2.24) is 0 Å². The molecule has 0 amide bonds. The third-order valence-corrected chi connectivity index (χ3v) is 1.69. The monoisotopic (exact) mass is 174 g/mol. The molecule has 0 aliphatic heterocycles. The van der Waals surface area contributed by atoms with Crippen molar-refractivity contribution in [3.63, 3.8) is 0 Å². The highest BCUT2D eigenvalue weighted by Crippen LogP contribution is 2.09. The van der Waals surface area contributed by atoms with Gasteiger partial charge in [0.1, 0.15) is 6.29 Å². The van der Waals surface area contributed by atoms with Gasteiger partial charge in [0.25, 0.3) is 0 Å². The van der Waals surface area contributed by atoms with Crippen LogP contribution in [0, 0.1) is 0 Å². The molecule has 2 nitrogen and oxygen atoms in total. The molecule has 0 heterocycles. The second-order valence-corrected chi connectivity index (χ2v) is 2.75. The van der Waals surface area contributed by atoms with E-state index in [1.165, 1.54) is 0 Å². The molecular weight excluding hydrogens is 164 g/mol. The summed E-state index contributed by atoms with van der Waals surface area (Å²) in [6, 6.07) is 7.14. The number of rotatable bonds is 3. The maximum Gasteiger partial charge on any atom is 0.150 e. The van der Waals surface area contributed by atoms with Crippen LogP contribution in [0.1, 0.15) is 22.8 Å². The molecule has 2 heteroatoms. The van der Waals surface area contributed by atoms with E-state index in [-0.39, 0.29) is 0 Å². The highest BCUT2D eigenvalue weighted by atomic mass is 16.1. The molecule has 0 radical (unpaired) electrons. The lowest BCUT2D eigenvalue weighted by Crippen LogP contribution is -1.86. The molecule has 0 saturated heterocycles. The minimum atomic E-state index is 0.601. The Labute approximate surface area is 76.9 Å². The van der Waals surface area contributed by atoms with Crippen molar-refractivity contribution in [2.75, 3.05) is 0 Å². The molecule has 66 valence electrons. The van der Waals surface area contributed by atoms with Crippen molar-refractivity contribution in [2.45, 2.75) is 6.92 Å². The van der Waals surface area contributed by atoms with Gasteiger partial charge in [-0.2, -0.15) is 0 Å². The first kappa shape index (κ1) is 9.39. The molecule has 0 fully saturated rings. The smallest absolute Gasteiger partial charge is 0.150 e. The lowest BCUT2D eigenvalue weighted by Gasteiger charge is -1.97. The summed E-state index contributed by atoms with van der Waals surface area (Å²) in [7, 11) is 0. The number of hydrogen-bond acceptors (Lipinski definition) is 2.